The second-order valence-corrected chi connectivity index (χ2v) is 7.31. The summed E-state index contributed by atoms with van der Waals surface area (Å²) in [5, 5.41) is 2.80. The van der Waals surface area contributed by atoms with Crippen LogP contribution in [0.3, 0.4) is 0 Å². The predicted octanol–water partition coefficient (Wildman–Crippen LogP) is 0.846. The molecule has 1 amide bonds. The van der Waals surface area contributed by atoms with Gasteiger partial charge in [-0.1, -0.05) is 0 Å². The van der Waals surface area contributed by atoms with Gasteiger partial charge in [-0.25, -0.2) is 12.7 Å². The number of hydrogen-bond acceptors (Lipinski definition) is 4. The van der Waals surface area contributed by atoms with E-state index < -0.39 is 10.0 Å². The molecule has 6 nitrogen and oxygen atoms in total. The summed E-state index contributed by atoms with van der Waals surface area (Å²) < 4.78 is 30.4. The van der Waals surface area contributed by atoms with Crippen molar-refractivity contribution in [2.75, 3.05) is 27.2 Å². The normalized spacial score (nSPS) is 18.9. The van der Waals surface area contributed by atoms with E-state index in [2.05, 4.69) is 5.32 Å². The first-order valence-corrected chi connectivity index (χ1v) is 8.27. The molecule has 1 aromatic rings. The molecule has 1 aliphatic rings. The van der Waals surface area contributed by atoms with Gasteiger partial charge in [-0.3, -0.25) is 4.79 Å². The molecule has 2 rings (SSSR count). The largest absolute Gasteiger partial charge is 0.376 e. The molecular weight excluding hydrogens is 292 g/mol. The van der Waals surface area contributed by atoms with Crippen LogP contribution in [0.1, 0.15) is 23.2 Å². The highest BCUT2D eigenvalue weighted by molar-refractivity contribution is 7.89. The number of carbonyl (C=O) groups is 1. The van der Waals surface area contributed by atoms with Crippen LogP contribution in [0.25, 0.3) is 0 Å². The first-order valence-electron chi connectivity index (χ1n) is 6.83. The highest BCUT2D eigenvalue weighted by Crippen LogP contribution is 2.14. The monoisotopic (exact) mass is 312 g/mol. The molecule has 1 aromatic carbocycles. The Kier molecular flexibility index (Phi) is 4.97. The third-order valence-electron chi connectivity index (χ3n) is 3.41. The summed E-state index contributed by atoms with van der Waals surface area (Å²) >= 11 is 0. The van der Waals surface area contributed by atoms with Crippen molar-refractivity contribution in [3.8, 4) is 0 Å². The first kappa shape index (κ1) is 15.9. The third-order valence-corrected chi connectivity index (χ3v) is 5.24. The molecule has 7 heteroatoms. The van der Waals surface area contributed by atoms with E-state index in [0.29, 0.717) is 12.1 Å². The maximum absolute atomic E-state index is 12.0. The van der Waals surface area contributed by atoms with Crippen LogP contribution in [0.15, 0.2) is 29.2 Å². The number of benzene rings is 1. The molecule has 21 heavy (non-hydrogen) atoms. The summed E-state index contributed by atoms with van der Waals surface area (Å²) in [7, 11) is -0.524. The minimum absolute atomic E-state index is 0.0855. The van der Waals surface area contributed by atoms with Gasteiger partial charge in [0.05, 0.1) is 11.0 Å². The van der Waals surface area contributed by atoms with E-state index in [4.69, 9.17) is 4.74 Å². The predicted molar refractivity (Wildman–Crippen MR) is 78.6 cm³/mol. The maximum Gasteiger partial charge on any atom is 0.251 e. The van der Waals surface area contributed by atoms with Crippen molar-refractivity contribution in [1.82, 2.24) is 9.62 Å². The van der Waals surface area contributed by atoms with E-state index in [1.165, 1.54) is 38.4 Å². The van der Waals surface area contributed by atoms with Crippen molar-refractivity contribution < 1.29 is 17.9 Å². The van der Waals surface area contributed by atoms with Crippen molar-refractivity contribution >= 4 is 15.9 Å². The molecule has 1 heterocycles. The molecule has 0 aromatic heterocycles. The second-order valence-electron chi connectivity index (χ2n) is 5.16. The van der Waals surface area contributed by atoms with Crippen LogP contribution in [-0.2, 0) is 14.8 Å². The third kappa shape index (κ3) is 3.81. The summed E-state index contributed by atoms with van der Waals surface area (Å²) in [6.07, 6.45) is 2.07. The fraction of sp³-hybridized carbons (Fsp3) is 0.500. The Labute approximate surface area is 125 Å². The Hall–Kier alpha value is -1.44. The lowest BCUT2D eigenvalue weighted by Crippen LogP contribution is -2.31. The zero-order chi connectivity index (χ0) is 15.5. The van der Waals surface area contributed by atoms with Crippen molar-refractivity contribution in [3.05, 3.63) is 29.8 Å². The van der Waals surface area contributed by atoms with Crippen LogP contribution < -0.4 is 5.32 Å². The Morgan fingerprint density at radius 1 is 1.33 bits per heavy atom. The minimum Gasteiger partial charge on any atom is -0.376 e. The summed E-state index contributed by atoms with van der Waals surface area (Å²) in [5.41, 5.74) is 0.436. The lowest BCUT2D eigenvalue weighted by Gasteiger charge is -2.12. The van der Waals surface area contributed by atoms with Crippen LogP contribution in [0, 0.1) is 0 Å². The highest BCUT2D eigenvalue weighted by Gasteiger charge is 2.19. The Morgan fingerprint density at radius 2 is 2.00 bits per heavy atom. The number of nitrogens with zero attached hydrogens (tertiary/aromatic N) is 1. The fourth-order valence-electron chi connectivity index (χ4n) is 2.10. The van der Waals surface area contributed by atoms with Gasteiger partial charge in [-0.15, -0.1) is 0 Å². The molecule has 1 aliphatic heterocycles. The number of rotatable bonds is 5. The van der Waals surface area contributed by atoms with Gasteiger partial charge >= 0.3 is 0 Å². The summed E-state index contributed by atoms with van der Waals surface area (Å²) in [5.74, 6) is -0.223. The summed E-state index contributed by atoms with van der Waals surface area (Å²) in [4.78, 5) is 12.1. The molecule has 116 valence electrons. The molecule has 1 unspecified atom stereocenters. The van der Waals surface area contributed by atoms with Crippen molar-refractivity contribution in [3.63, 3.8) is 0 Å². The van der Waals surface area contributed by atoms with Gasteiger partial charge in [-0.05, 0) is 37.1 Å². The number of hydrogen-bond donors (Lipinski definition) is 1. The summed E-state index contributed by atoms with van der Waals surface area (Å²) in [6, 6.07) is 5.91. The summed E-state index contributed by atoms with van der Waals surface area (Å²) in [6.45, 7) is 1.23. The lowest BCUT2D eigenvalue weighted by molar-refractivity contribution is 0.0857. The van der Waals surface area contributed by atoms with E-state index >= 15 is 0 Å². The van der Waals surface area contributed by atoms with E-state index in [-0.39, 0.29) is 16.9 Å². The van der Waals surface area contributed by atoms with Gasteiger partial charge in [0.2, 0.25) is 10.0 Å². The molecule has 1 saturated heterocycles. The van der Waals surface area contributed by atoms with Gasteiger partial charge < -0.3 is 10.1 Å². The number of sulfonamides is 1. The van der Waals surface area contributed by atoms with Crippen molar-refractivity contribution in [2.24, 2.45) is 0 Å². The molecule has 1 atom stereocenters. The van der Waals surface area contributed by atoms with Crippen LogP contribution in [-0.4, -0.2) is 52.0 Å². The van der Waals surface area contributed by atoms with Crippen molar-refractivity contribution in [2.45, 2.75) is 23.8 Å². The van der Waals surface area contributed by atoms with Gasteiger partial charge in [-0.2, -0.15) is 0 Å². The lowest BCUT2D eigenvalue weighted by atomic mass is 10.2. The molecule has 0 bridgehead atoms. The molecule has 1 N–H and O–H groups in total. The average Bonchev–Trinajstić information content (AvgIpc) is 2.98. The second kappa shape index (κ2) is 6.55. The van der Waals surface area contributed by atoms with E-state index in [1.807, 2.05) is 0 Å². The quantitative estimate of drug-likeness (QED) is 0.874. The zero-order valence-corrected chi connectivity index (χ0v) is 13.0. The molecule has 0 saturated carbocycles. The standard InChI is InChI=1S/C14H20N2O4S/c1-16(2)21(18,19)13-7-5-11(6-8-13)14(17)15-10-12-4-3-9-20-12/h5-8,12H,3-4,9-10H2,1-2H3,(H,15,17). The first-order chi connectivity index (χ1) is 9.91. The molecular formula is C14H20N2O4S. The van der Waals surface area contributed by atoms with Crippen LogP contribution in [0.2, 0.25) is 0 Å². The Balaban J connectivity index is 1.99. The van der Waals surface area contributed by atoms with Gasteiger partial charge in [0.15, 0.2) is 0 Å². The van der Waals surface area contributed by atoms with E-state index in [0.717, 1.165) is 23.8 Å². The number of nitrogens with one attached hydrogen (secondary N) is 1. The molecule has 0 aliphatic carbocycles. The Bertz CT molecular complexity index is 590. The highest BCUT2D eigenvalue weighted by atomic mass is 32.2. The van der Waals surface area contributed by atoms with Crippen molar-refractivity contribution in [1.29, 1.82) is 0 Å². The molecule has 0 radical (unpaired) electrons. The van der Waals surface area contributed by atoms with Gasteiger partial charge in [0, 0.05) is 32.8 Å². The van der Waals surface area contributed by atoms with Gasteiger partial charge in [0.1, 0.15) is 0 Å². The average molecular weight is 312 g/mol. The maximum atomic E-state index is 12.0. The fourth-order valence-corrected chi connectivity index (χ4v) is 3.00. The number of amides is 1. The number of ether oxygens (including phenoxy) is 1. The van der Waals surface area contributed by atoms with Crippen LogP contribution >= 0.6 is 0 Å². The van der Waals surface area contributed by atoms with E-state index in [1.54, 1.807) is 0 Å². The van der Waals surface area contributed by atoms with Gasteiger partial charge in [0.25, 0.3) is 5.91 Å². The van der Waals surface area contributed by atoms with E-state index in [9.17, 15) is 13.2 Å². The topological polar surface area (TPSA) is 75.7 Å². The molecule has 0 spiro atoms. The molecule has 1 fully saturated rings. The smallest absolute Gasteiger partial charge is 0.251 e. The minimum atomic E-state index is -3.46. The zero-order valence-electron chi connectivity index (χ0n) is 12.2. The SMILES string of the molecule is CN(C)S(=O)(=O)c1ccc(C(=O)NCC2CCCO2)cc1. The van der Waals surface area contributed by atoms with Crippen LogP contribution in [0.5, 0.6) is 0 Å². The van der Waals surface area contributed by atoms with Crippen LogP contribution in [0.4, 0.5) is 0 Å². The number of carbonyl (C=O) groups excluding carboxylic acids is 1. The Morgan fingerprint density at radius 3 is 2.52 bits per heavy atom.